The molecule has 0 aliphatic carbocycles. The van der Waals surface area contributed by atoms with Gasteiger partial charge in [0.1, 0.15) is 5.75 Å². The van der Waals surface area contributed by atoms with Crippen molar-refractivity contribution in [3.63, 3.8) is 0 Å². The van der Waals surface area contributed by atoms with E-state index in [-0.39, 0.29) is 0 Å². The van der Waals surface area contributed by atoms with E-state index >= 15 is 0 Å². The Kier molecular flexibility index (Phi) is 4.80. The Bertz CT molecular complexity index is 882. The first kappa shape index (κ1) is 16.5. The van der Waals surface area contributed by atoms with Gasteiger partial charge in [0.05, 0.1) is 12.8 Å². The van der Waals surface area contributed by atoms with Crippen LogP contribution in [-0.2, 0) is 19.5 Å². The molecule has 0 amide bonds. The number of rotatable bonds is 5. The molecule has 1 aromatic heterocycles. The molecule has 0 saturated carbocycles. The van der Waals surface area contributed by atoms with E-state index in [4.69, 9.17) is 9.72 Å². The van der Waals surface area contributed by atoms with Gasteiger partial charge in [0.2, 0.25) is 5.95 Å². The molecule has 1 aliphatic heterocycles. The van der Waals surface area contributed by atoms with Crippen LogP contribution < -0.4 is 10.1 Å². The predicted octanol–water partition coefficient (Wildman–Crippen LogP) is 3.79. The largest absolute Gasteiger partial charge is 0.496 e. The number of nitrogens with zero attached hydrogens (tertiary/aromatic N) is 3. The highest BCUT2D eigenvalue weighted by Crippen LogP contribution is 2.24. The Labute approximate surface area is 153 Å². The zero-order valence-corrected chi connectivity index (χ0v) is 14.9. The number of aromatic nitrogens is 2. The molecule has 4 rings (SSSR count). The highest BCUT2D eigenvalue weighted by atomic mass is 16.5. The number of ether oxygens (including phenoxy) is 1. The highest BCUT2D eigenvalue weighted by Gasteiger charge is 2.19. The predicted molar refractivity (Wildman–Crippen MR) is 103 cm³/mol. The first-order chi connectivity index (χ1) is 12.8. The smallest absolute Gasteiger partial charge is 0.227 e. The van der Waals surface area contributed by atoms with Crippen LogP contribution >= 0.6 is 0 Å². The molecule has 1 aliphatic rings. The van der Waals surface area contributed by atoms with Crippen molar-refractivity contribution in [3.8, 4) is 5.75 Å². The summed E-state index contributed by atoms with van der Waals surface area (Å²) >= 11 is 0. The molecule has 2 aromatic carbocycles. The highest BCUT2D eigenvalue weighted by molar-refractivity contribution is 5.52. The van der Waals surface area contributed by atoms with Crippen molar-refractivity contribution in [3.05, 3.63) is 77.6 Å². The molecule has 0 fully saturated rings. The average Bonchev–Trinajstić information content (AvgIpc) is 2.69. The van der Waals surface area contributed by atoms with E-state index in [0.29, 0.717) is 5.95 Å². The van der Waals surface area contributed by atoms with E-state index in [1.807, 2.05) is 48.7 Å². The third-order valence-electron chi connectivity index (χ3n) is 4.63. The molecule has 5 heteroatoms. The quantitative estimate of drug-likeness (QED) is 0.762. The summed E-state index contributed by atoms with van der Waals surface area (Å²) in [6, 6.07) is 18.2. The van der Waals surface area contributed by atoms with Crippen molar-refractivity contribution >= 4 is 11.6 Å². The van der Waals surface area contributed by atoms with Crippen molar-refractivity contribution in [1.82, 2.24) is 14.9 Å². The number of hydrogen-bond acceptors (Lipinski definition) is 5. The monoisotopic (exact) mass is 346 g/mol. The van der Waals surface area contributed by atoms with Gasteiger partial charge in [-0.3, -0.25) is 4.90 Å². The van der Waals surface area contributed by atoms with Gasteiger partial charge < -0.3 is 10.1 Å². The molecular weight excluding hydrogens is 324 g/mol. The summed E-state index contributed by atoms with van der Waals surface area (Å²) < 4.78 is 5.47. The van der Waals surface area contributed by atoms with Crippen LogP contribution in [0.15, 0.2) is 60.8 Å². The Morgan fingerprint density at radius 2 is 1.88 bits per heavy atom. The Hall–Kier alpha value is -2.92. The lowest BCUT2D eigenvalue weighted by atomic mass is 10.1. The fourth-order valence-corrected chi connectivity index (χ4v) is 3.29. The molecule has 5 nitrogen and oxygen atoms in total. The van der Waals surface area contributed by atoms with Crippen LogP contribution in [0.3, 0.4) is 0 Å². The number of methoxy groups -OCH3 is 1. The van der Waals surface area contributed by atoms with E-state index in [1.54, 1.807) is 7.11 Å². The Morgan fingerprint density at radius 3 is 2.73 bits per heavy atom. The molecule has 0 bridgehead atoms. The minimum Gasteiger partial charge on any atom is -0.496 e. The van der Waals surface area contributed by atoms with Crippen LogP contribution in [0.2, 0.25) is 0 Å². The SMILES string of the molecule is COc1ccccc1CN1CCc2nc(Nc3ccccc3)ncc2C1. The summed E-state index contributed by atoms with van der Waals surface area (Å²) in [5.74, 6) is 1.60. The molecule has 0 atom stereocenters. The summed E-state index contributed by atoms with van der Waals surface area (Å²) in [5, 5.41) is 3.27. The molecule has 0 radical (unpaired) electrons. The van der Waals surface area contributed by atoms with E-state index in [0.717, 1.165) is 43.2 Å². The van der Waals surface area contributed by atoms with Gasteiger partial charge in [-0.25, -0.2) is 9.97 Å². The summed E-state index contributed by atoms with van der Waals surface area (Å²) in [6.07, 6.45) is 2.87. The number of hydrogen-bond donors (Lipinski definition) is 1. The van der Waals surface area contributed by atoms with E-state index in [9.17, 15) is 0 Å². The van der Waals surface area contributed by atoms with Crippen LogP contribution in [0.4, 0.5) is 11.6 Å². The Balaban J connectivity index is 1.46. The van der Waals surface area contributed by atoms with Crippen LogP contribution in [-0.4, -0.2) is 28.5 Å². The molecule has 0 spiro atoms. The van der Waals surface area contributed by atoms with E-state index in [1.165, 1.54) is 11.1 Å². The first-order valence-electron chi connectivity index (χ1n) is 8.83. The number of benzene rings is 2. The van der Waals surface area contributed by atoms with Gasteiger partial charge in [0.25, 0.3) is 0 Å². The molecule has 0 unspecified atom stereocenters. The van der Waals surface area contributed by atoms with Gasteiger partial charge in [0.15, 0.2) is 0 Å². The molecule has 1 N–H and O–H groups in total. The summed E-state index contributed by atoms with van der Waals surface area (Å²) in [7, 11) is 1.72. The summed E-state index contributed by atoms with van der Waals surface area (Å²) in [4.78, 5) is 11.6. The lowest BCUT2D eigenvalue weighted by Gasteiger charge is -2.28. The van der Waals surface area contributed by atoms with Crippen molar-refractivity contribution in [1.29, 1.82) is 0 Å². The number of fused-ring (bicyclic) bond motifs is 1. The fraction of sp³-hybridized carbons (Fsp3) is 0.238. The minimum absolute atomic E-state index is 0.660. The van der Waals surface area contributed by atoms with Crippen LogP contribution in [0.5, 0.6) is 5.75 Å². The second kappa shape index (κ2) is 7.54. The molecule has 2 heterocycles. The summed E-state index contributed by atoms with van der Waals surface area (Å²) in [5.41, 5.74) is 4.54. The van der Waals surface area contributed by atoms with Crippen LogP contribution in [0.25, 0.3) is 0 Å². The minimum atomic E-state index is 0.660. The second-order valence-electron chi connectivity index (χ2n) is 6.43. The zero-order valence-electron chi connectivity index (χ0n) is 14.9. The molecular formula is C21H22N4O. The molecule has 132 valence electrons. The Morgan fingerprint density at radius 1 is 1.08 bits per heavy atom. The maximum atomic E-state index is 5.47. The lowest BCUT2D eigenvalue weighted by Crippen LogP contribution is -2.31. The van der Waals surface area contributed by atoms with E-state index in [2.05, 4.69) is 27.3 Å². The van der Waals surface area contributed by atoms with Crippen molar-refractivity contribution < 1.29 is 4.74 Å². The second-order valence-corrected chi connectivity index (χ2v) is 6.43. The topological polar surface area (TPSA) is 50.3 Å². The van der Waals surface area contributed by atoms with Gasteiger partial charge in [0, 0.05) is 49.1 Å². The first-order valence-corrected chi connectivity index (χ1v) is 8.83. The van der Waals surface area contributed by atoms with Crippen molar-refractivity contribution in [2.45, 2.75) is 19.5 Å². The normalized spacial score (nSPS) is 13.9. The van der Waals surface area contributed by atoms with Gasteiger partial charge in [-0.1, -0.05) is 36.4 Å². The average molecular weight is 346 g/mol. The fourth-order valence-electron chi connectivity index (χ4n) is 3.29. The standard InChI is InChI=1S/C21H22N4O/c1-26-20-10-6-5-7-16(20)14-25-12-11-19-17(15-25)13-22-21(24-19)23-18-8-3-2-4-9-18/h2-10,13H,11-12,14-15H2,1H3,(H,22,23,24). The van der Waals surface area contributed by atoms with Crippen LogP contribution in [0.1, 0.15) is 16.8 Å². The zero-order chi connectivity index (χ0) is 17.8. The van der Waals surface area contributed by atoms with Gasteiger partial charge in [-0.05, 0) is 18.2 Å². The van der Waals surface area contributed by atoms with Gasteiger partial charge >= 0.3 is 0 Å². The van der Waals surface area contributed by atoms with E-state index < -0.39 is 0 Å². The van der Waals surface area contributed by atoms with Gasteiger partial charge in [-0.2, -0.15) is 0 Å². The number of anilines is 2. The third kappa shape index (κ3) is 3.68. The maximum absolute atomic E-state index is 5.47. The molecule has 3 aromatic rings. The van der Waals surface area contributed by atoms with Crippen molar-refractivity contribution in [2.24, 2.45) is 0 Å². The van der Waals surface area contributed by atoms with Crippen LogP contribution in [0, 0.1) is 0 Å². The summed E-state index contributed by atoms with van der Waals surface area (Å²) in [6.45, 7) is 2.71. The lowest BCUT2D eigenvalue weighted by molar-refractivity contribution is 0.239. The molecule has 0 saturated heterocycles. The number of para-hydroxylation sites is 2. The number of nitrogens with one attached hydrogen (secondary N) is 1. The maximum Gasteiger partial charge on any atom is 0.227 e. The van der Waals surface area contributed by atoms with Gasteiger partial charge in [-0.15, -0.1) is 0 Å². The van der Waals surface area contributed by atoms with Crippen molar-refractivity contribution in [2.75, 3.05) is 19.0 Å². The third-order valence-corrected chi connectivity index (χ3v) is 4.63. The molecule has 26 heavy (non-hydrogen) atoms.